The molecule has 0 radical (unpaired) electrons. The number of hydrogen-bond acceptors (Lipinski definition) is 4. The van der Waals surface area contributed by atoms with E-state index in [0.29, 0.717) is 6.42 Å². The summed E-state index contributed by atoms with van der Waals surface area (Å²) in [7, 11) is 0. The quantitative estimate of drug-likeness (QED) is 0.210. The van der Waals surface area contributed by atoms with Crippen LogP contribution in [0.15, 0.2) is 5.10 Å². The first-order valence-electron chi connectivity index (χ1n) is 4.23. The zero-order valence-electron chi connectivity index (χ0n) is 8.03. The minimum absolute atomic E-state index is 0.0118. The van der Waals surface area contributed by atoms with Gasteiger partial charge in [0.25, 0.3) is 5.91 Å². The topological polar surface area (TPSA) is 109 Å². The first-order valence-corrected chi connectivity index (χ1v) is 4.64. The van der Waals surface area contributed by atoms with Crippen molar-refractivity contribution < 1.29 is 9.59 Å². The predicted octanol–water partition coefficient (Wildman–Crippen LogP) is -1.21. The zero-order chi connectivity index (χ0) is 11.5. The molecule has 0 saturated carbocycles. The molecule has 5 N–H and O–H groups in total. The van der Waals surface area contributed by atoms with Crippen molar-refractivity contribution in [3.05, 3.63) is 0 Å². The number of carbonyl (C=O) groups is 2. The van der Waals surface area contributed by atoms with E-state index in [2.05, 4.69) is 33.4 Å². The minimum atomic E-state index is -1.12. The molecule has 0 aliphatic carbocycles. The van der Waals surface area contributed by atoms with Crippen molar-refractivity contribution in [3.63, 3.8) is 0 Å². The highest BCUT2D eigenvalue weighted by Crippen LogP contribution is 2.12. The van der Waals surface area contributed by atoms with Crippen LogP contribution in [-0.4, -0.2) is 28.8 Å². The maximum absolute atomic E-state index is 11.4. The smallest absolute Gasteiger partial charge is 0.322 e. The molecule has 1 heterocycles. The molecule has 1 fully saturated rings. The fourth-order valence-corrected chi connectivity index (χ4v) is 1.20. The van der Waals surface area contributed by atoms with E-state index < -0.39 is 17.5 Å². The van der Waals surface area contributed by atoms with Crippen molar-refractivity contribution in [2.24, 2.45) is 10.8 Å². The second-order valence-electron chi connectivity index (χ2n) is 2.97. The van der Waals surface area contributed by atoms with Crippen LogP contribution in [0.1, 0.15) is 13.3 Å². The summed E-state index contributed by atoms with van der Waals surface area (Å²) in [6.45, 7) is 1.75. The van der Waals surface area contributed by atoms with Crippen molar-refractivity contribution in [3.8, 4) is 0 Å². The minimum Gasteiger partial charge on any atom is -0.375 e. The Kier molecular flexibility index (Phi) is 3.20. The molecule has 0 spiro atoms. The molecule has 1 rings (SSSR count). The van der Waals surface area contributed by atoms with Crippen molar-refractivity contribution in [1.82, 2.24) is 16.1 Å². The molecule has 0 aromatic carbocycles. The SMILES string of the molecule is CC[C@]1(/C=N\NC(N)=S)NC(=O)NC1=O. The van der Waals surface area contributed by atoms with Crippen LogP contribution in [0, 0.1) is 0 Å². The van der Waals surface area contributed by atoms with Crippen LogP contribution in [0.5, 0.6) is 0 Å². The van der Waals surface area contributed by atoms with Gasteiger partial charge >= 0.3 is 6.03 Å². The normalized spacial score (nSPS) is 25.1. The number of rotatable bonds is 3. The van der Waals surface area contributed by atoms with Gasteiger partial charge in [-0.3, -0.25) is 15.5 Å². The fraction of sp³-hybridized carbons (Fsp3) is 0.429. The van der Waals surface area contributed by atoms with E-state index in [9.17, 15) is 9.59 Å². The highest BCUT2D eigenvalue weighted by molar-refractivity contribution is 7.80. The third kappa shape index (κ3) is 2.40. The van der Waals surface area contributed by atoms with Gasteiger partial charge in [-0.25, -0.2) is 4.79 Å². The van der Waals surface area contributed by atoms with E-state index in [4.69, 9.17) is 5.73 Å². The Bertz CT molecular complexity index is 342. The summed E-state index contributed by atoms with van der Waals surface area (Å²) in [5, 5.41) is 8.24. The summed E-state index contributed by atoms with van der Waals surface area (Å²) in [5.74, 6) is -0.441. The average molecular weight is 229 g/mol. The van der Waals surface area contributed by atoms with E-state index in [1.165, 1.54) is 6.21 Å². The van der Waals surface area contributed by atoms with Gasteiger partial charge in [0.1, 0.15) is 0 Å². The number of carbonyl (C=O) groups excluding carboxylic acids is 2. The Balaban J connectivity index is 2.77. The van der Waals surface area contributed by atoms with Gasteiger partial charge in [0.2, 0.25) is 0 Å². The van der Waals surface area contributed by atoms with Crippen LogP contribution < -0.4 is 21.8 Å². The van der Waals surface area contributed by atoms with Crippen molar-refractivity contribution >= 4 is 35.5 Å². The third-order valence-corrected chi connectivity index (χ3v) is 2.08. The monoisotopic (exact) mass is 229 g/mol. The number of thiocarbonyl (C=S) groups is 1. The van der Waals surface area contributed by atoms with Crippen molar-refractivity contribution in [1.29, 1.82) is 0 Å². The number of nitrogens with one attached hydrogen (secondary N) is 3. The van der Waals surface area contributed by atoms with Crippen LogP contribution in [0.3, 0.4) is 0 Å². The number of nitrogens with two attached hydrogens (primary N) is 1. The molecule has 0 aromatic rings. The fourth-order valence-electron chi connectivity index (χ4n) is 1.14. The Labute approximate surface area is 91.5 Å². The van der Waals surface area contributed by atoms with Crippen molar-refractivity contribution in [2.75, 3.05) is 0 Å². The Morgan fingerprint density at radius 3 is 2.80 bits per heavy atom. The van der Waals surface area contributed by atoms with Gasteiger partial charge < -0.3 is 11.1 Å². The molecular formula is C7H11N5O2S. The molecule has 0 bridgehead atoms. The molecule has 15 heavy (non-hydrogen) atoms. The van der Waals surface area contributed by atoms with Gasteiger partial charge in [-0.2, -0.15) is 5.10 Å². The average Bonchev–Trinajstić information content (AvgIpc) is 2.41. The number of urea groups is 1. The lowest BCUT2D eigenvalue weighted by molar-refractivity contribution is -0.121. The molecule has 7 nitrogen and oxygen atoms in total. The number of hydrogen-bond donors (Lipinski definition) is 4. The number of imide groups is 1. The van der Waals surface area contributed by atoms with Crippen molar-refractivity contribution in [2.45, 2.75) is 18.9 Å². The summed E-state index contributed by atoms with van der Waals surface area (Å²) < 4.78 is 0. The third-order valence-electron chi connectivity index (χ3n) is 1.99. The van der Waals surface area contributed by atoms with E-state index in [1.807, 2.05) is 0 Å². The Morgan fingerprint density at radius 1 is 1.73 bits per heavy atom. The maximum atomic E-state index is 11.4. The summed E-state index contributed by atoms with van der Waals surface area (Å²) in [5.41, 5.74) is 6.34. The summed E-state index contributed by atoms with van der Waals surface area (Å²) in [4.78, 5) is 22.4. The molecular weight excluding hydrogens is 218 g/mol. The number of hydrazone groups is 1. The van der Waals surface area contributed by atoms with Gasteiger partial charge in [-0.05, 0) is 18.6 Å². The predicted molar refractivity (Wildman–Crippen MR) is 58.1 cm³/mol. The maximum Gasteiger partial charge on any atom is 0.322 e. The molecule has 82 valence electrons. The summed E-state index contributed by atoms with van der Waals surface area (Å²) >= 11 is 4.53. The highest BCUT2D eigenvalue weighted by Gasteiger charge is 2.43. The summed E-state index contributed by atoms with van der Waals surface area (Å²) in [6, 6.07) is -0.538. The van der Waals surface area contributed by atoms with E-state index in [-0.39, 0.29) is 5.11 Å². The van der Waals surface area contributed by atoms with Gasteiger partial charge in [0.05, 0.1) is 6.21 Å². The van der Waals surface area contributed by atoms with Crippen LogP contribution in [0.2, 0.25) is 0 Å². The van der Waals surface area contributed by atoms with Crippen LogP contribution in [0.4, 0.5) is 4.79 Å². The molecule has 1 aliphatic heterocycles. The first-order chi connectivity index (χ1) is 7.00. The molecule has 0 aromatic heterocycles. The van der Waals surface area contributed by atoms with E-state index >= 15 is 0 Å². The van der Waals surface area contributed by atoms with Crippen LogP contribution in [0.25, 0.3) is 0 Å². The second kappa shape index (κ2) is 4.22. The zero-order valence-corrected chi connectivity index (χ0v) is 8.85. The lowest BCUT2D eigenvalue weighted by Crippen LogP contribution is -2.48. The molecule has 8 heteroatoms. The van der Waals surface area contributed by atoms with Gasteiger partial charge in [-0.1, -0.05) is 6.92 Å². The summed E-state index contributed by atoms with van der Waals surface area (Å²) in [6.07, 6.45) is 1.65. The Morgan fingerprint density at radius 2 is 2.40 bits per heavy atom. The Hall–Kier alpha value is -1.70. The standard InChI is InChI=1S/C7H11N5O2S/c1-2-7(3-9-12-5(8)15)4(13)10-6(14)11-7/h3H,2H2,1H3,(H3,8,12,15)(H2,10,11,13,14)/b9-3-/t7-/m1/s1. The van der Waals surface area contributed by atoms with Crippen LogP contribution in [-0.2, 0) is 4.79 Å². The number of nitrogens with zero attached hydrogens (tertiary/aromatic N) is 1. The lowest BCUT2D eigenvalue weighted by Gasteiger charge is -2.18. The van der Waals surface area contributed by atoms with Crippen LogP contribution >= 0.6 is 12.2 Å². The number of amides is 3. The van der Waals surface area contributed by atoms with Gasteiger partial charge in [0.15, 0.2) is 10.7 Å². The largest absolute Gasteiger partial charge is 0.375 e. The first kappa shape index (κ1) is 11.4. The molecule has 0 unspecified atom stereocenters. The van der Waals surface area contributed by atoms with Gasteiger partial charge in [0, 0.05) is 0 Å². The van der Waals surface area contributed by atoms with E-state index in [0.717, 1.165) is 0 Å². The molecule has 1 saturated heterocycles. The van der Waals surface area contributed by atoms with Gasteiger partial charge in [-0.15, -0.1) is 0 Å². The molecule has 1 aliphatic rings. The molecule has 3 amide bonds. The lowest BCUT2D eigenvalue weighted by atomic mass is 9.99. The second-order valence-corrected chi connectivity index (χ2v) is 3.41. The van der Waals surface area contributed by atoms with E-state index in [1.54, 1.807) is 6.92 Å². The molecule has 1 atom stereocenters. The highest BCUT2D eigenvalue weighted by atomic mass is 32.1.